The minimum atomic E-state index is -1.18. The van der Waals surface area contributed by atoms with E-state index in [1.807, 2.05) is 0 Å². The SMILES string of the molecule is O=S1CCc2nc(N3CCC(c4noc5c4C=CC(F)C5)CC3)nc(Nc3cccc(F)c3)c21. The topological polar surface area (TPSA) is 84.2 Å². The van der Waals surface area contributed by atoms with Crippen LogP contribution in [0.15, 0.2) is 39.8 Å². The summed E-state index contributed by atoms with van der Waals surface area (Å²) in [6.07, 6.45) is 4.87. The molecule has 0 spiro atoms. The number of aryl methyl sites for hydroxylation is 1. The summed E-state index contributed by atoms with van der Waals surface area (Å²) in [6.45, 7) is 1.45. The predicted octanol–water partition coefficient (Wildman–Crippen LogP) is 4.30. The molecule has 1 fully saturated rings. The second-order valence-electron chi connectivity index (χ2n) is 8.83. The van der Waals surface area contributed by atoms with Crippen molar-refractivity contribution in [1.29, 1.82) is 0 Å². The molecule has 2 unspecified atom stereocenters. The number of allylic oxidation sites excluding steroid dienone is 1. The van der Waals surface area contributed by atoms with E-state index >= 15 is 0 Å². The molecule has 1 N–H and O–H groups in total. The molecule has 0 bridgehead atoms. The number of rotatable bonds is 4. The van der Waals surface area contributed by atoms with Crippen LogP contribution in [0.1, 0.15) is 41.5 Å². The number of anilines is 3. The van der Waals surface area contributed by atoms with Crippen molar-refractivity contribution in [3.8, 4) is 0 Å². The van der Waals surface area contributed by atoms with Gasteiger partial charge in [0.25, 0.3) is 0 Å². The van der Waals surface area contributed by atoms with Crippen LogP contribution in [0.25, 0.3) is 6.08 Å². The molecule has 1 saturated heterocycles. The standard InChI is InChI=1S/C24H23F2N5O2S/c25-15-2-1-3-17(12-15)27-23-22-19(8-11-34(22)32)28-24(29-23)31-9-6-14(7-10-31)21-18-5-4-16(26)13-20(18)33-30-21/h1-5,12,14,16H,6-11,13H2,(H,27,28,29). The fourth-order valence-corrected chi connectivity index (χ4v) is 6.18. The van der Waals surface area contributed by atoms with E-state index in [1.165, 1.54) is 12.1 Å². The number of alkyl halides is 1. The first-order valence-electron chi connectivity index (χ1n) is 11.4. The van der Waals surface area contributed by atoms with Crippen LogP contribution in [0.3, 0.4) is 0 Å². The van der Waals surface area contributed by atoms with Gasteiger partial charge in [-0.1, -0.05) is 17.3 Å². The third kappa shape index (κ3) is 3.89. The van der Waals surface area contributed by atoms with Crippen LogP contribution in [0.4, 0.5) is 26.2 Å². The van der Waals surface area contributed by atoms with Crippen molar-refractivity contribution in [2.45, 2.75) is 42.7 Å². The van der Waals surface area contributed by atoms with Crippen molar-refractivity contribution >= 4 is 34.3 Å². The number of hydrogen-bond acceptors (Lipinski definition) is 7. The molecule has 0 radical (unpaired) electrons. The molecular formula is C24H23F2N5O2S. The summed E-state index contributed by atoms with van der Waals surface area (Å²) in [5.41, 5.74) is 3.15. The van der Waals surface area contributed by atoms with E-state index in [9.17, 15) is 13.0 Å². The van der Waals surface area contributed by atoms with E-state index < -0.39 is 17.0 Å². The molecule has 2 atom stereocenters. The lowest BCUT2D eigenvalue weighted by Gasteiger charge is -2.32. The van der Waals surface area contributed by atoms with Crippen LogP contribution >= 0.6 is 0 Å². The molecule has 3 aromatic rings. The monoisotopic (exact) mass is 483 g/mol. The van der Waals surface area contributed by atoms with Gasteiger partial charge < -0.3 is 14.7 Å². The lowest BCUT2D eigenvalue weighted by Crippen LogP contribution is -2.34. The number of halogens is 2. The normalized spacial score (nSPS) is 22.0. The summed E-state index contributed by atoms with van der Waals surface area (Å²) >= 11 is 0. The fraction of sp³-hybridized carbons (Fsp3) is 0.375. The highest BCUT2D eigenvalue weighted by Crippen LogP contribution is 2.36. The Morgan fingerprint density at radius 3 is 2.88 bits per heavy atom. The molecule has 2 aliphatic heterocycles. The van der Waals surface area contributed by atoms with E-state index in [2.05, 4.69) is 15.4 Å². The van der Waals surface area contributed by atoms with Gasteiger partial charge in [0.1, 0.15) is 22.6 Å². The van der Waals surface area contributed by atoms with Gasteiger partial charge >= 0.3 is 0 Å². The van der Waals surface area contributed by atoms with Gasteiger partial charge in [-0.05, 0) is 37.1 Å². The number of hydrogen-bond donors (Lipinski definition) is 1. The number of nitrogens with one attached hydrogen (secondary N) is 1. The number of fused-ring (bicyclic) bond motifs is 2. The van der Waals surface area contributed by atoms with Crippen molar-refractivity contribution in [2.24, 2.45) is 0 Å². The van der Waals surface area contributed by atoms with E-state index in [-0.39, 0.29) is 18.2 Å². The zero-order valence-electron chi connectivity index (χ0n) is 18.3. The van der Waals surface area contributed by atoms with E-state index in [1.54, 1.807) is 24.3 Å². The molecular weight excluding hydrogens is 460 g/mol. The highest BCUT2D eigenvalue weighted by Gasteiger charge is 2.32. The maximum atomic E-state index is 13.7. The van der Waals surface area contributed by atoms with Crippen molar-refractivity contribution in [3.05, 3.63) is 58.9 Å². The van der Waals surface area contributed by atoms with Crippen LogP contribution in [0.5, 0.6) is 0 Å². The van der Waals surface area contributed by atoms with Gasteiger partial charge in [0.2, 0.25) is 5.95 Å². The van der Waals surface area contributed by atoms with Crippen LogP contribution in [-0.2, 0) is 23.6 Å². The maximum Gasteiger partial charge on any atom is 0.227 e. The molecule has 3 aliphatic rings. The molecule has 0 amide bonds. The van der Waals surface area contributed by atoms with Gasteiger partial charge in [-0.15, -0.1) is 0 Å². The largest absolute Gasteiger partial charge is 0.360 e. The fourth-order valence-electron chi connectivity index (χ4n) is 4.88. The summed E-state index contributed by atoms with van der Waals surface area (Å²) in [5, 5.41) is 7.41. The van der Waals surface area contributed by atoms with Crippen LogP contribution < -0.4 is 10.2 Å². The Hall–Kier alpha value is -3.14. The van der Waals surface area contributed by atoms with Gasteiger partial charge in [-0.2, -0.15) is 4.98 Å². The molecule has 34 heavy (non-hydrogen) atoms. The number of benzene rings is 1. The zero-order chi connectivity index (χ0) is 23.2. The highest BCUT2D eigenvalue weighted by atomic mass is 32.2. The number of aromatic nitrogens is 3. The predicted molar refractivity (Wildman–Crippen MR) is 125 cm³/mol. The Kier molecular flexibility index (Phi) is 5.40. The first-order chi connectivity index (χ1) is 16.5. The van der Waals surface area contributed by atoms with E-state index in [0.717, 1.165) is 42.9 Å². The second-order valence-corrected chi connectivity index (χ2v) is 10.3. The average Bonchev–Trinajstić information content (AvgIpc) is 3.42. The Labute approximate surface area is 197 Å². The first-order valence-corrected chi connectivity index (χ1v) is 12.7. The summed E-state index contributed by atoms with van der Waals surface area (Å²) in [6, 6.07) is 6.13. The van der Waals surface area contributed by atoms with Crippen molar-refractivity contribution in [3.63, 3.8) is 0 Å². The van der Waals surface area contributed by atoms with Crippen LogP contribution in [0.2, 0.25) is 0 Å². The smallest absolute Gasteiger partial charge is 0.227 e. The maximum absolute atomic E-state index is 13.7. The van der Waals surface area contributed by atoms with Crippen molar-refractivity contribution < 1.29 is 17.5 Å². The molecule has 7 nitrogen and oxygen atoms in total. The molecule has 1 aliphatic carbocycles. The first kappa shape index (κ1) is 21.4. The lowest BCUT2D eigenvalue weighted by molar-refractivity contribution is 0.324. The molecule has 10 heteroatoms. The van der Waals surface area contributed by atoms with Gasteiger partial charge in [0.05, 0.1) is 22.2 Å². The summed E-state index contributed by atoms with van der Waals surface area (Å²) in [4.78, 5) is 12.2. The molecule has 4 heterocycles. The quantitative estimate of drug-likeness (QED) is 0.592. The van der Waals surface area contributed by atoms with Crippen molar-refractivity contribution in [2.75, 3.05) is 29.1 Å². The zero-order valence-corrected chi connectivity index (χ0v) is 19.2. The second kappa shape index (κ2) is 8.57. The van der Waals surface area contributed by atoms with E-state index in [4.69, 9.17) is 14.5 Å². The minimum Gasteiger partial charge on any atom is -0.360 e. The minimum absolute atomic E-state index is 0.219. The summed E-state index contributed by atoms with van der Waals surface area (Å²) in [7, 11) is -1.18. The van der Waals surface area contributed by atoms with Gasteiger partial charge in [-0.3, -0.25) is 4.21 Å². The molecule has 0 saturated carbocycles. The number of nitrogens with zero attached hydrogens (tertiary/aromatic N) is 4. The molecule has 1 aromatic carbocycles. The number of piperidine rings is 1. The summed E-state index contributed by atoms with van der Waals surface area (Å²) < 4.78 is 45.3. The molecule has 176 valence electrons. The van der Waals surface area contributed by atoms with Crippen molar-refractivity contribution in [1.82, 2.24) is 15.1 Å². The Morgan fingerprint density at radius 1 is 1.21 bits per heavy atom. The van der Waals surface area contributed by atoms with Gasteiger partial charge in [-0.25, -0.2) is 13.8 Å². The van der Waals surface area contributed by atoms with Crippen LogP contribution in [0, 0.1) is 5.82 Å². The Balaban J connectivity index is 1.23. The average molecular weight is 484 g/mol. The Bertz CT molecular complexity index is 1300. The summed E-state index contributed by atoms with van der Waals surface area (Å²) in [5.74, 6) is 2.05. The highest BCUT2D eigenvalue weighted by molar-refractivity contribution is 7.85. The lowest BCUT2D eigenvalue weighted by atomic mass is 9.89. The van der Waals surface area contributed by atoms with Gasteiger partial charge in [0, 0.05) is 48.9 Å². The third-order valence-corrected chi connectivity index (χ3v) is 8.07. The van der Waals surface area contributed by atoms with Crippen LogP contribution in [-0.4, -0.2) is 44.3 Å². The molecule has 6 rings (SSSR count). The molecule has 2 aromatic heterocycles. The third-order valence-electron chi connectivity index (χ3n) is 6.61. The van der Waals surface area contributed by atoms with Gasteiger partial charge in [0.15, 0.2) is 5.82 Å². The van der Waals surface area contributed by atoms with E-state index in [0.29, 0.717) is 40.3 Å². The Morgan fingerprint density at radius 2 is 2.06 bits per heavy atom.